The lowest BCUT2D eigenvalue weighted by Crippen LogP contribution is -2.56. The van der Waals surface area contributed by atoms with Crippen molar-refractivity contribution >= 4 is 5.91 Å². The van der Waals surface area contributed by atoms with E-state index in [0.717, 1.165) is 36.7 Å². The van der Waals surface area contributed by atoms with Crippen molar-refractivity contribution in [1.82, 2.24) is 15.2 Å². The Morgan fingerprint density at radius 2 is 1.87 bits per heavy atom. The molecule has 5 heteroatoms. The Bertz CT molecular complexity index is 699. The van der Waals surface area contributed by atoms with Gasteiger partial charge in [-0.2, -0.15) is 0 Å². The van der Waals surface area contributed by atoms with Crippen molar-refractivity contribution in [2.75, 3.05) is 13.1 Å². The number of aromatic nitrogens is 1. The first kappa shape index (κ1) is 14.3. The van der Waals surface area contributed by atoms with E-state index in [2.05, 4.69) is 15.2 Å². The number of H-pyrrole nitrogens is 1. The van der Waals surface area contributed by atoms with Crippen molar-refractivity contribution in [3.63, 3.8) is 0 Å². The zero-order chi connectivity index (χ0) is 15.8. The number of phenols is 1. The molecule has 120 valence electrons. The summed E-state index contributed by atoms with van der Waals surface area (Å²) < 4.78 is 0. The van der Waals surface area contributed by atoms with Gasteiger partial charge >= 0.3 is 0 Å². The molecule has 0 radical (unpaired) electrons. The molecule has 0 aliphatic carbocycles. The van der Waals surface area contributed by atoms with Crippen LogP contribution in [0, 0.1) is 5.92 Å². The minimum atomic E-state index is -0.0485. The van der Waals surface area contributed by atoms with E-state index < -0.39 is 0 Å². The number of hydrogen-bond acceptors (Lipinski definition) is 3. The maximum Gasteiger partial charge on any atom is 0.268 e. The van der Waals surface area contributed by atoms with Crippen molar-refractivity contribution in [2.24, 2.45) is 5.92 Å². The molecule has 1 unspecified atom stereocenters. The number of amides is 1. The van der Waals surface area contributed by atoms with Gasteiger partial charge in [0, 0.05) is 18.8 Å². The zero-order valence-electron chi connectivity index (χ0n) is 13.0. The molecule has 0 saturated carbocycles. The number of piperidine rings is 3. The molecule has 2 bridgehead atoms. The topological polar surface area (TPSA) is 68.4 Å². The van der Waals surface area contributed by atoms with E-state index in [4.69, 9.17) is 0 Å². The average molecular weight is 311 g/mol. The van der Waals surface area contributed by atoms with Crippen LogP contribution in [0.4, 0.5) is 0 Å². The molecule has 1 aromatic heterocycles. The minimum Gasteiger partial charge on any atom is -0.508 e. The van der Waals surface area contributed by atoms with Crippen LogP contribution in [0.2, 0.25) is 0 Å². The normalized spacial score (nSPS) is 26.2. The van der Waals surface area contributed by atoms with Gasteiger partial charge in [0.25, 0.3) is 5.91 Å². The molecule has 0 spiro atoms. The molecule has 3 N–H and O–H groups in total. The summed E-state index contributed by atoms with van der Waals surface area (Å²) in [5.41, 5.74) is 2.40. The van der Waals surface area contributed by atoms with Crippen LogP contribution < -0.4 is 5.32 Å². The monoisotopic (exact) mass is 311 g/mol. The summed E-state index contributed by atoms with van der Waals surface area (Å²) in [6, 6.07) is 10.6. The summed E-state index contributed by atoms with van der Waals surface area (Å²) in [6.45, 7) is 2.19. The molecule has 3 aliphatic heterocycles. The van der Waals surface area contributed by atoms with E-state index in [1.165, 1.54) is 12.8 Å². The molecular weight excluding hydrogens is 290 g/mol. The average Bonchev–Trinajstić information content (AvgIpc) is 3.07. The number of carbonyl (C=O) groups excluding carboxylic acids is 1. The molecule has 5 rings (SSSR count). The van der Waals surface area contributed by atoms with Crippen LogP contribution in [-0.2, 0) is 0 Å². The second kappa shape index (κ2) is 5.74. The van der Waals surface area contributed by atoms with E-state index in [1.807, 2.05) is 24.3 Å². The molecule has 1 amide bonds. The lowest BCUT2D eigenvalue weighted by Gasteiger charge is -2.45. The fourth-order valence-corrected chi connectivity index (χ4v) is 3.68. The number of hydrogen-bond donors (Lipinski definition) is 3. The number of nitrogens with zero attached hydrogens (tertiary/aromatic N) is 1. The molecule has 2 aromatic rings. The van der Waals surface area contributed by atoms with Crippen molar-refractivity contribution in [2.45, 2.75) is 25.4 Å². The van der Waals surface area contributed by atoms with Gasteiger partial charge in [-0.3, -0.25) is 9.69 Å². The van der Waals surface area contributed by atoms with Crippen LogP contribution in [0.1, 0.15) is 29.8 Å². The molecule has 1 aromatic carbocycles. The van der Waals surface area contributed by atoms with Crippen LogP contribution in [0.15, 0.2) is 36.4 Å². The maximum absolute atomic E-state index is 12.5. The third kappa shape index (κ3) is 2.84. The molecule has 3 aliphatic rings. The lowest BCUT2D eigenvalue weighted by molar-refractivity contribution is 0.0293. The second-order valence-corrected chi connectivity index (χ2v) is 6.54. The van der Waals surface area contributed by atoms with Crippen molar-refractivity contribution < 1.29 is 9.90 Å². The van der Waals surface area contributed by atoms with Crippen molar-refractivity contribution in [3.8, 4) is 17.0 Å². The highest BCUT2D eigenvalue weighted by atomic mass is 16.3. The van der Waals surface area contributed by atoms with Gasteiger partial charge < -0.3 is 15.4 Å². The van der Waals surface area contributed by atoms with Crippen molar-refractivity contribution in [1.29, 1.82) is 0 Å². The second-order valence-electron chi connectivity index (χ2n) is 6.54. The van der Waals surface area contributed by atoms with Gasteiger partial charge in [-0.1, -0.05) is 0 Å². The molecule has 3 saturated heterocycles. The van der Waals surface area contributed by atoms with Crippen LogP contribution in [0.25, 0.3) is 11.3 Å². The summed E-state index contributed by atoms with van der Waals surface area (Å²) in [7, 11) is 0. The van der Waals surface area contributed by atoms with E-state index in [0.29, 0.717) is 5.69 Å². The van der Waals surface area contributed by atoms with Crippen LogP contribution in [0.3, 0.4) is 0 Å². The largest absolute Gasteiger partial charge is 0.508 e. The van der Waals surface area contributed by atoms with Gasteiger partial charge in [0.1, 0.15) is 11.4 Å². The number of aromatic amines is 1. The number of fused-ring (bicyclic) bond motifs is 3. The number of benzene rings is 1. The highest BCUT2D eigenvalue weighted by Gasteiger charge is 2.34. The first-order chi connectivity index (χ1) is 11.2. The predicted octanol–water partition coefficient (Wildman–Crippen LogP) is 2.56. The van der Waals surface area contributed by atoms with Gasteiger partial charge in [-0.15, -0.1) is 0 Å². The van der Waals surface area contributed by atoms with E-state index >= 15 is 0 Å². The minimum absolute atomic E-state index is 0.0485. The van der Waals surface area contributed by atoms with Gasteiger partial charge in [0.05, 0.1) is 6.17 Å². The summed E-state index contributed by atoms with van der Waals surface area (Å²) in [6.07, 6.45) is 3.77. The Labute approximate surface area is 135 Å². The fraction of sp³-hybridized carbons (Fsp3) is 0.389. The van der Waals surface area contributed by atoms with E-state index in [1.54, 1.807) is 12.1 Å². The molecule has 23 heavy (non-hydrogen) atoms. The van der Waals surface area contributed by atoms with Gasteiger partial charge in [-0.05, 0) is 67.1 Å². The maximum atomic E-state index is 12.5. The number of rotatable bonds is 3. The highest BCUT2D eigenvalue weighted by Crippen LogP contribution is 2.30. The first-order valence-electron chi connectivity index (χ1n) is 8.22. The van der Waals surface area contributed by atoms with Gasteiger partial charge in [0.15, 0.2) is 0 Å². The molecule has 4 heterocycles. The van der Waals surface area contributed by atoms with Crippen LogP contribution in [0.5, 0.6) is 5.75 Å². The Balaban J connectivity index is 1.46. The third-order valence-corrected chi connectivity index (χ3v) is 5.05. The number of aromatic hydroxyl groups is 1. The smallest absolute Gasteiger partial charge is 0.268 e. The Morgan fingerprint density at radius 1 is 1.13 bits per heavy atom. The van der Waals surface area contributed by atoms with E-state index in [9.17, 15) is 9.90 Å². The molecule has 5 nitrogen and oxygen atoms in total. The fourth-order valence-electron chi connectivity index (χ4n) is 3.68. The predicted molar refractivity (Wildman–Crippen MR) is 88.1 cm³/mol. The summed E-state index contributed by atoms with van der Waals surface area (Å²) in [4.78, 5) is 18.0. The number of phenolic OH excluding ortho intramolecular Hbond substituents is 1. The summed E-state index contributed by atoms with van der Waals surface area (Å²) in [5.74, 6) is 0.953. The van der Waals surface area contributed by atoms with Gasteiger partial charge in [-0.25, -0.2) is 0 Å². The Morgan fingerprint density at radius 3 is 2.52 bits per heavy atom. The third-order valence-electron chi connectivity index (χ3n) is 5.05. The van der Waals surface area contributed by atoms with Gasteiger partial charge in [0.2, 0.25) is 0 Å². The SMILES string of the molecule is O=C(NC1CC2CCN1CC2)c1ccc(-c2ccc(O)cc2)[nH]1. The highest BCUT2D eigenvalue weighted by molar-refractivity contribution is 5.93. The lowest BCUT2D eigenvalue weighted by atomic mass is 9.86. The summed E-state index contributed by atoms with van der Waals surface area (Å²) >= 11 is 0. The zero-order valence-corrected chi connectivity index (χ0v) is 13.0. The van der Waals surface area contributed by atoms with Crippen LogP contribution in [-0.4, -0.2) is 40.2 Å². The number of carbonyl (C=O) groups is 1. The van der Waals surface area contributed by atoms with Crippen molar-refractivity contribution in [3.05, 3.63) is 42.1 Å². The first-order valence-corrected chi connectivity index (χ1v) is 8.22. The Kier molecular flexibility index (Phi) is 3.58. The van der Waals surface area contributed by atoms with E-state index in [-0.39, 0.29) is 17.8 Å². The quantitative estimate of drug-likeness (QED) is 0.816. The summed E-state index contributed by atoms with van der Waals surface area (Å²) in [5, 5.41) is 12.5. The van der Waals surface area contributed by atoms with Crippen LogP contribution >= 0.6 is 0 Å². The molecule has 1 atom stereocenters. The Hall–Kier alpha value is -2.27. The molecular formula is C18H21N3O2. The standard InChI is InChI=1S/C18H21N3O2/c22-14-3-1-13(2-4-14)15-5-6-16(19-15)18(23)20-17-11-12-7-9-21(17)10-8-12/h1-6,12,17,19,22H,7-11H2,(H,20,23). The molecule has 3 fully saturated rings. The number of nitrogens with one attached hydrogen (secondary N) is 2.